The first-order valence-electron chi connectivity index (χ1n) is 8.41. The van der Waals surface area contributed by atoms with Crippen molar-refractivity contribution in [1.29, 1.82) is 5.41 Å². The second kappa shape index (κ2) is 4.27. The summed E-state index contributed by atoms with van der Waals surface area (Å²) in [5.41, 5.74) is -0.0520. The normalized spacial score (nSPS) is 49.8. The highest BCUT2D eigenvalue weighted by Crippen LogP contribution is 2.61. The largest absolute Gasteiger partial charge is 0.301 e. The Hall–Kier alpha value is -1.51. The molecule has 22 heavy (non-hydrogen) atoms. The standard InChI is InChI=1S/C19H23NO2/c1-18-10-8-15(21)17(20)14(18)4-3-11-12-5-6-16(22)19(12,2)9-7-13(11)18/h3-4,8,10-14,20H,5-7,9H2,1-2H3/t11-,12-,13-,14?,18+,19-/m0/s1. The van der Waals surface area contributed by atoms with Gasteiger partial charge < -0.3 is 5.41 Å². The molecule has 0 amide bonds. The van der Waals surface area contributed by atoms with E-state index in [1.807, 2.05) is 0 Å². The van der Waals surface area contributed by atoms with Crippen LogP contribution in [0.2, 0.25) is 0 Å². The monoisotopic (exact) mass is 297 g/mol. The summed E-state index contributed by atoms with van der Waals surface area (Å²) in [4.78, 5) is 24.2. The van der Waals surface area contributed by atoms with Gasteiger partial charge in [0.25, 0.3) is 0 Å². The van der Waals surface area contributed by atoms with Crippen LogP contribution >= 0.6 is 0 Å². The number of rotatable bonds is 0. The number of allylic oxidation sites excluding steroid dienone is 4. The maximum atomic E-state index is 12.3. The number of hydrogen-bond acceptors (Lipinski definition) is 3. The number of ketones is 2. The fourth-order valence-corrected chi connectivity index (χ4v) is 5.77. The molecule has 0 bridgehead atoms. The van der Waals surface area contributed by atoms with Gasteiger partial charge in [0.1, 0.15) is 5.78 Å². The summed E-state index contributed by atoms with van der Waals surface area (Å²) in [6, 6.07) is 0. The van der Waals surface area contributed by atoms with Crippen molar-refractivity contribution in [3.63, 3.8) is 0 Å². The van der Waals surface area contributed by atoms with Crippen molar-refractivity contribution in [2.75, 3.05) is 0 Å². The van der Waals surface area contributed by atoms with E-state index in [2.05, 4.69) is 32.1 Å². The average molecular weight is 297 g/mol. The number of Topliss-reactive ketones (excluding diaryl/α,β-unsaturated/α-hetero) is 1. The van der Waals surface area contributed by atoms with Crippen molar-refractivity contribution in [2.45, 2.75) is 39.5 Å². The molecule has 2 fully saturated rings. The van der Waals surface area contributed by atoms with Crippen LogP contribution in [-0.2, 0) is 9.59 Å². The molecule has 2 saturated carbocycles. The third kappa shape index (κ3) is 1.55. The van der Waals surface area contributed by atoms with Crippen LogP contribution in [0.25, 0.3) is 0 Å². The molecule has 4 aliphatic rings. The highest BCUT2D eigenvalue weighted by atomic mass is 16.1. The minimum atomic E-state index is -0.151. The molecule has 6 atom stereocenters. The highest BCUT2D eigenvalue weighted by Gasteiger charge is 2.59. The van der Waals surface area contributed by atoms with Gasteiger partial charge in [-0.3, -0.25) is 9.59 Å². The SMILES string of the molecule is C[C@]12C=CC(=O)C(=N)C1C=C[C@@H]1[C@@H]2CC[C@]2(C)C(=O)CC[C@@H]12. The topological polar surface area (TPSA) is 58.0 Å². The molecule has 0 aliphatic heterocycles. The maximum Gasteiger partial charge on any atom is 0.199 e. The number of carbonyl (C=O) groups is 2. The smallest absolute Gasteiger partial charge is 0.199 e. The average Bonchev–Trinajstić information content (AvgIpc) is 2.79. The van der Waals surface area contributed by atoms with Crippen molar-refractivity contribution in [1.82, 2.24) is 0 Å². The summed E-state index contributed by atoms with van der Waals surface area (Å²) in [7, 11) is 0. The van der Waals surface area contributed by atoms with Crippen LogP contribution in [0.4, 0.5) is 0 Å². The Bertz CT molecular complexity index is 646. The minimum absolute atomic E-state index is 0.0901. The van der Waals surface area contributed by atoms with Gasteiger partial charge >= 0.3 is 0 Å². The first-order valence-corrected chi connectivity index (χ1v) is 8.41. The molecule has 0 spiro atoms. The molecule has 1 N–H and O–H groups in total. The Labute approximate surface area is 131 Å². The molecule has 0 aromatic heterocycles. The van der Waals surface area contributed by atoms with E-state index >= 15 is 0 Å². The summed E-state index contributed by atoms with van der Waals surface area (Å²) in [5, 5.41) is 8.16. The minimum Gasteiger partial charge on any atom is -0.301 e. The number of hydrogen-bond donors (Lipinski definition) is 1. The van der Waals surface area contributed by atoms with Crippen LogP contribution in [0.1, 0.15) is 39.5 Å². The Balaban J connectivity index is 1.78. The van der Waals surface area contributed by atoms with E-state index in [9.17, 15) is 9.59 Å². The lowest BCUT2D eigenvalue weighted by Gasteiger charge is -2.55. The molecule has 4 rings (SSSR count). The third-order valence-electron chi connectivity index (χ3n) is 7.21. The number of nitrogens with one attached hydrogen (secondary N) is 1. The van der Waals surface area contributed by atoms with Crippen molar-refractivity contribution in [3.8, 4) is 0 Å². The second-order valence-electron chi connectivity index (χ2n) is 8.05. The predicted molar refractivity (Wildman–Crippen MR) is 84.7 cm³/mol. The van der Waals surface area contributed by atoms with E-state index < -0.39 is 0 Å². The lowest BCUT2D eigenvalue weighted by atomic mass is 9.48. The zero-order valence-corrected chi connectivity index (χ0v) is 13.3. The van der Waals surface area contributed by atoms with Crippen LogP contribution in [0, 0.1) is 39.9 Å². The van der Waals surface area contributed by atoms with Gasteiger partial charge in [-0.15, -0.1) is 0 Å². The molecular weight excluding hydrogens is 274 g/mol. The zero-order valence-electron chi connectivity index (χ0n) is 13.3. The van der Waals surface area contributed by atoms with Gasteiger partial charge in [0.2, 0.25) is 0 Å². The van der Waals surface area contributed by atoms with Crippen LogP contribution in [-0.4, -0.2) is 17.3 Å². The van der Waals surface area contributed by atoms with Crippen LogP contribution in [0.5, 0.6) is 0 Å². The summed E-state index contributed by atoms with van der Waals surface area (Å²) < 4.78 is 0. The molecule has 116 valence electrons. The highest BCUT2D eigenvalue weighted by molar-refractivity contribution is 6.44. The molecule has 0 saturated heterocycles. The number of carbonyl (C=O) groups excluding carboxylic acids is 2. The molecule has 0 radical (unpaired) electrons. The molecule has 3 nitrogen and oxygen atoms in total. The predicted octanol–water partition coefficient (Wildman–Crippen LogP) is 3.35. The molecular formula is C19H23NO2. The molecule has 4 aliphatic carbocycles. The first-order chi connectivity index (χ1) is 10.4. The van der Waals surface area contributed by atoms with E-state index in [1.165, 1.54) is 0 Å². The van der Waals surface area contributed by atoms with Gasteiger partial charge in [0, 0.05) is 23.2 Å². The molecule has 0 aromatic rings. The molecule has 0 aromatic carbocycles. The van der Waals surface area contributed by atoms with Crippen LogP contribution in [0.15, 0.2) is 24.3 Å². The fourth-order valence-electron chi connectivity index (χ4n) is 5.77. The second-order valence-corrected chi connectivity index (χ2v) is 8.05. The van der Waals surface area contributed by atoms with E-state index in [4.69, 9.17) is 5.41 Å². The van der Waals surface area contributed by atoms with Gasteiger partial charge in [0.15, 0.2) is 5.78 Å². The van der Waals surface area contributed by atoms with Gasteiger partial charge in [-0.05, 0) is 43.1 Å². The fraction of sp³-hybridized carbons (Fsp3) is 0.632. The van der Waals surface area contributed by atoms with Gasteiger partial charge in [-0.25, -0.2) is 0 Å². The third-order valence-corrected chi connectivity index (χ3v) is 7.21. The molecule has 0 heterocycles. The van der Waals surface area contributed by atoms with Gasteiger partial charge in [-0.2, -0.15) is 0 Å². The van der Waals surface area contributed by atoms with Crippen molar-refractivity contribution < 1.29 is 9.59 Å². The molecule has 3 heteroatoms. The van der Waals surface area contributed by atoms with Crippen LogP contribution < -0.4 is 0 Å². The summed E-state index contributed by atoms with van der Waals surface area (Å²) >= 11 is 0. The summed E-state index contributed by atoms with van der Waals surface area (Å²) in [6.07, 6.45) is 11.7. The van der Waals surface area contributed by atoms with Crippen LogP contribution in [0.3, 0.4) is 0 Å². The van der Waals surface area contributed by atoms with Crippen molar-refractivity contribution >= 4 is 17.3 Å². The van der Waals surface area contributed by atoms with E-state index in [0.717, 1.165) is 25.7 Å². The quantitative estimate of drug-likeness (QED) is 0.697. The zero-order chi connectivity index (χ0) is 15.7. The van der Waals surface area contributed by atoms with E-state index in [1.54, 1.807) is 6.08 Å². The Morgan fingerprint density at radius 3 is 2.68 bits per heavy atom. The summed E-state index contributed by atoms with van der Waals surface area (Å²) in [6.45, 7) is 4.36. The van der Waals surface area contributed by atoms with Crippen molar-refractivity contribution in [2.24, 2.45) is 34.5 Å². The maximum absolute atomic E-state index is 12.3. The Morgan fingerprint density at radius 2 is 1.91 bits per heavy atom. The summed E-state index contributed by atoms with van der Waals surface area (Å²) in [5.74, 6) is 1.50. The lowest BCUT2D eigenvalue weighted by molar-refractivity contribution is -0.130. The Kier molecular flexibility index (Phi) is 2.74. The lowest BCUT2D eigenvalue weighted by Crippen LogP contribution is -2.52. The Morgan fingerprint density at radius 1 is 1.14 bits per heavy atom. The molecule has 1 unspecified atom stereocenters. The van der Waals surface area contributed by atoms with E-state index in [0.29, 0.717) is 23.5 Å². The van der Waals surface area contributed by atoms with Crippen molar-refractivity contribution in [3.05, 3.63) is 24.3 Å². The van der Waals surface area contributed by atoms with E-state index in [-0.39, 0.29) is 28.2 Å². The first kappa shape index (κ1) is 14.1. The number of fused-ring (bicyclic) bond motifs is 5. The van der Waals surface area contributed by atoms with Gasteiger partial charge in [-0.1, -0.05) is 32.1 Å². The van der Waals surface area contributed by atoms with Gasteiger partial charge in [0.05, 0.1) is 5.71 Å².